The normalized spacial score (nSPS) is 19.3. The summed E-state index contributed by atoms with van der Waals surface area (Å²) >= 11 is 2.01. The van der Waals surface area contributed by atoms with E-state index in [1.807, 2.05) is 23.9 Å². The van der Waals surface area contributed by atoms with E-state index in [0.29, 0.717) is 5.69 Å². The summed E-state index contributed by atoms with van der Waals surface area (Å²) in [6.45, 7) is 2.62. The topological polar surface area (TPSA) is 58.2 Å². The summed E-state index contributed by atoms with van der Waals surface area (Å²) in [5.74, 6) is 3.35. The van der Waals surface area contributed by atoms with Gasteiger partial charge in [-0.05, 0) is 55.0 Å². The van der Waals surface area contributed by atoms with Crippen LogP contribution in [0.3, 0.4) is 0 Å². The van der Waals surface area contributed by atoms with Crippen molar-refractivity contribution in [3.05, 3.63) is 24.3 Å². The van der Waals surface area contributed by atoms with Crippen molar-refractivity contribution in [3.8, 4) is 0 Å². The lowest BCUT2D eigenvalue weighted by Gasteiger charge is -2.12. The fraction of sp³-hybridized carbons (Fsp3) is 0.538. The number of anilines is 2. The Morgan fingerprint density at radius 2 is 1.95 bits per heavy atom. The Morgan fingerprint density at radius 1 is 1.26 bits per heavy atom. The molecular formula is C13H20N2O2S2. The van der Waals surface area contributed by atoms with Gasteiger partial charge in [0, 0.05) is 17.9 Å². The third-order valence-electron chi connectivity index (χ3n) is 3.16. The van der Waals surface area contributed by atoms with Crippen LogP contribution in [0.1, 0.15) is 13.3 Å². The monoisotopic (exact) mass is 300 g/mol. The molecule has 6 heteroatoms. The summed E-state index contributed by atoms with van der Waals surface area (Å²) in [7, 11) is -3.18. The maximum Gasteiger partial charge on any atom is 0.232 e. The smallest absolute Gasteiger partial charge is 0.232 e. The van der Waals surface area contributed by atoms with Crippen LogP contribution >= 0.6 is 11.8 Å². The first-order chi connectivity index (χ1) is 9.09. The fourth-order valence-corrected chi connectivity index (χ4v) is 3.84. The molecule has 0 aromatic heterocycles. The molecule has 0 spiro atoms. The van der Waals surface area contributed by atoms with Gasteiger partial charge in [0.25, 0.3) is 0 Å². The zero-order chi connectivity index (χ0) is 13.7. The summed E-state index contributed by atoms with van der Waals surface area (Å²) < 4.78 is 25.4. The largest absolute Gasteiger partial charge is 0.385 e. The molecule has 1 unspecified atom stereocenters. The second-order valence-electron chi connectivity index (χ2n) is 4.69. The van der Waals surface area contributed by atoms with Gasteiger partial charge in [-0.25, -0.2) is 8.42 Å². The van der Waals surface area contributed by atoms with Gasteiger partial charge in [-0.15, -0.1) is 0 Å². The van der Waals surface area contributed by atoms with Crippen molar-refractivity contribution in [2.45, 2.75) is 13.3 Å². The molecule has 1 saturated heterocycles. The van der Waals surface area contributed by atoms with E-state index < -0.39 is 10.0 Å². The lowest BCUT2D eigenvalue weighted by atomic mass is 10.1. The summed E-state index contributed by atoms with van der Waals surface area (Å²) in [4.78, 5) is 0. The summed E-state index contributed by atoms with van der Waals surface area (Å²) in [6.07, 6.45) is 1.28. The number of nitrogens with one attached hydrogen (secondary N) is 2. The Kier molecular flexibility index (Phi) is 4.99. The van der Waals surface area contributed by atoms with Crippen molar-refractivity contribution in [2.75, 3.05) is 33.8 Å². The van der Waals surface area contributed by atoms with E-state index in [4.69, 9.17) is 0 Å². The maximum absolute atomic E-state index is 11.4. The van der Waals surface area contributed by atoms with Crippen molar-refractivity contribution in [3.63, 3.8) is 0 Å². The SMILES string of the molecule is CCS(=O)(=O)Nc1ccc(NCC2CCSC2)cc1. The number of rotatable bonds is 6. The van der Waals surface area contributed by atoms with Gasteiger partial charge < -0.3 is 5.32 Å². The van der Waals surface area contributed by atoms with E-state index in [1.165, 1.54) is 17.9 Å². The van der Waals surface area contributed by atoms with Crippen LogP contribution in [0.4, 0.5) is 11.4 Å². The molecule has 0 amide bonds. The van der Waals surface area contributed by atoms with Crippen molar-refractivity contribution in [2.24, 2.45) is 5.92 Å². The molecule has 0 saturated carbocycles. The van der Waals surface area contributed by atoms with Gasteiger partial charge in [-0.2, -0.15) is 11.8 Å². The van der Waals surface area contributed by atoms with Gasteiger partial charge in [-0.1, -0.05) is 0 Å². The van der Waals surface area contributed by atoms with Crippen molar-refractivity contribution < 1.29 is 8.42 Å². The Bertz CT molecular complexity index is 494. The predicted octanol–water partition coefficient (Wildman–Crippen LogP) is 2.61. The van der Waals surface area contributed by atoms with Crippen LogP contribution in [-0.2, 0) is 10.0 Å². The lowest BCUT2D eigenvalue weighted by Crippen LogP contribution is -2.15. The molecule has 1 atom stereocenters. The van der Waals surface area contributed by atoms with Gasteiger partial charge in [0.1, 0.15) is 0 Å². The highest BCUT2D eigenvalue weighted by molar-refractivity contribution is 7.99. The molecule has 1 aromatic rings. The molecule has 106 valence electrons. The summed E-state index contributed by atoms with van der Waals surface area (Å²) in [5.41, 5.74) is 1.65. The predicted molar refractivity (Wildman–Crippen MR) is 83.4 cm³/mol. The van der Waals surface area contributed by atoms with Gasteiger partial charge in [0.05, 0.1) is 5.75 Å². The van der Waals surface area contributed by atoms with Crippen molar-refractivity contribution in [1.82, 2.24) is 0 Å². The molecule has 19 heavy (non-hydrogen) atoms. The molecule has 2 rings (SSSR count). The molecular weight excluding hydrogens is 280 g/mol. The van der Waals surface area contributed by atoms with Crippen molar-refractivity contribution in [1.29, 1.82) is 0 Å². The molecule has 2 N–H and O–H groups in total. The molecule has 0 radical (unpaired) electrons. The minimum absolute atomic E-state index is 0.0896. The van der Waals surface area contributed by atoms with Gasteiger partial charge in [0.2, 0.25) is 10.0 Å². The van der Waals surface area contributed by atoms with E-state index in [1.54, 1.807) is 19.1 Å². The first-order valence-electron chi connectivity index (χ1n) is 6.51. The first-order valence-corrected chi connectivity index (χ1v) is 9.32. The van der Waals surface area contributed by atoms with Gasteiger partial charge in [0.15, 0.2) is 0 Å². The van der Waals surface area contributed by atoms with Crippen LogP contribution in [0.5, 0.6) is 0 Å². The molecule has 1 fully saturated rings. The van der Waals surface area contributed by atoms with E-state index >= 15 is 0 Å². The molecule has 0 bridgehead atoms. The lowest BCUT2D eigenvalue weighted by molar-refractivity contribution is 0.602. The van der Waals surface area contributed by atoms with Crippen LogP contribution in [0.15, 0.2) is 24.3 Å². The van der Waals surface area contributed by atoms with Gasteiger partial charge in [-0.3, -0.25) is 4.72 Å². The highest BCUT2D eigenvalue weighted by atomic mass is 32.2. The Hall–Kier alpha value is -0.880. The molecule has 1 aliphatic heterocycles. The van der Waals surface area contributed by atoms with Crippen molar-refractivity contribution >= 4 is 33.2 Å². The number of hydrogen-bond acceptors (Lipinski definition) is 4. The Balaban J connectivity index is 1.87. The quantitative estimate of drug-likeness (QED) is 0.848. The third-order valence-corrected chi connectivity index (χ3v) is 5.70. The van der Waals surface area contributed by atoms with Crippen LogP contribution in [0.25, 0.3) is 0 Å². The Morgan fingerprint density at radius 3 is 2.53 bits per heavy atom. The standard InChI is InChI=1S/C13H20N2O2S2/c1-2-19(16,17)15-13-5-3-12(4-6-13)14-9-11-7-8-18-10-11/h3-6,11,14-15H,2,7-10H2,1H3. The zero-order valence-corrected chi connectivity index (χ0v) is 12.7. The van der Waals surface area contributed by atoms with Crippen LogP contribution in [0.2, 0.25) is 0 Å². The van der Waals surface area contributed by atoms with Crippen LogP contribution in [0, 0.1) is 5.92 Å². The molecule has 4 nitrogen and oxygen atoms in total. The minimum atomic E-state index is -3.18. The number of hydrogen-bond donors (Lipinski definition) is 2. The summed E-state index contributed by atoms with van der Waals surface area (Å²) in [6, 6.07) is 7.41. The van der Waals surface area contributed by atoms with E-state index in [2.05, 4.69) is 10.0 Å². The zero-order valence-electron chi connectivity index (χ0n) is 11.1. The van der Waals surface area contributed by atoms with Crippen LogP contribution in [-0.4, -0.2) is 32.2 Å². The molecule has 1 aromatic carbocycles. The molecule has 0 aliphatic carbocycles. The minimum Gasteiger partial charge on any atom is -0.385 e. The van der Waals surface area contributed by atoms with E-state index in [-0.39, 0.29) is 5.75 Å². The second kappa shape index (κ2) is 6.52. The number of sulfonamides is 1. The average molecular weight is 300 g/mol. The highest BCUT2D eigenvalue weighted by Gasteiger charge is 2.14. The fourth-order valence-electron chi connectivity index (χ4n) is 1.91. The van der Waals surface area contributed by atoms with E-state index in [0.717, 1.165) is 18.2 Å². The van der Waals surface area contributed by atoms with Gasteiger partial charge >= 0.3 is 0 Å². The molecule has 1 aliphatic rings. The number of thioether (sulfide) groups is 1. The Labute approximate surface area is 119 Å². The second-order valence-corrected chi connectivity index (χ2v) is 7.85. The maximum atomic E-state index is 11.4. The molecule has 1 heterocycles. The third kappa shape index (κ3) is 4.62. The van der Waals surface area contributed by atoms with E-state index in [9.17, 15) is 8.42 Å². The summed E-state index contributed by atoms with van der Waals surface area (Å²) in [5, 5.41) is 3.40. The number of benzene rings is 1. The average Bonchev–Trinajstić information content (AvgIpc) is 2.91. The first kappa shape index (κ1) is 14.5. The highest BCUT2D eigenvalue weighted by Crippen LogP contribution is 2.24. The van der Waals surface area contributed by atoms with Crippen LogP contribution < -0.4 is 10.0 Å².